The number of esters is 1. The lowest BCUT2D eigenvalue weighted by Gasteiger charge is -2.15. The van der Waals surface area contributed by atoms with Gasteiger partial charge in [0.2, 0.25) is 0 Å². The van der Waals surface area contributed by atoms with Gasteiger partial charge in [0.15, 0.2) is 0 Å². The lowest BCUT2D eigenvalue weighted by molar-refractivity contribution is -0.147. The van der Waals surface area contributed by atoms with Crippen LogP contribution in [0.4, 0.5) is 0 Å². The summed E-state index contributed by atoms with van der Waals surface area (Å²) in [6, 6.07) is 0. The Hall–Kier alpha value is -1.32. The molecular formula is C41H78O4. The average Bonchev–Trinajstić information content (AvgIpc) is 3.02. The molecule has 0 fully saturated rings. The van der Waals surface area contributed by atoms with Crippen molar-refractivity contribution in [2.45, 2.75) is 238 Å². The van der Waals surface area contributed by atoms with Crippen molar-refractivity contribution in [3.8, 4) is 0 Å². The number of hydrogen-bond donors (Lipinski definition) is 1. The Balaban J connectivity index is 3.92. The van der Waals surface area contributed by atoms with E-state index in [1.165, 1.54) is 141 Å². The highest BCUT2D eigenvalue weighted by Gasteiger charge is 2.11. The first-order valence-electron chi connectivity index (χ1n) is 20.2. The second-order valence-corrected chi connectivity index (χ2v) is 13.8. The zero-order valence-corrected chi connectivity index (χ0v) is 30.4. The standard InChI is InChI=1S/C41H78O4/c1-3-5-7-9-11-13-14-15-16-17-18-19-20-21-22-24-30-34-38-41(44)45-39(35-31-27-23-12-10-8-6-4-2)36-32-28-25-26-29-33-37-40(42)43/h31,35,39H,3-30,32-34,36-38H2,1-2H3,(H,42,43)/b35-31-. The van der Waals surface area contributed by atoms with E-state index in [0.29, 0.717) is 6.42 Å². The summed E-state index contributed by atoms with van der Waals surface area (Å²) in [7, 11) is 0. The molecule has 4 nitrogen and oxygen atoms in total. The van der Waals surface area contributed by atoms with Gasteiger partial charge in [0.1, 0.15) is 6.10 Å². The second-order valence-electron chi connectivity index (χ2n) is 13.8. The third-order valence-electron chi connectivity index (χ3n) is 9.22. The SMILES string of the molecule is CCCCCCCC/C=C\C(CCCCCCCCC(=O)O)OC(=O)CCCCCCCCCCCCCCCCCCCC. The first-order valence-corrected chi connectivity index (χ1v) is 20.2. The molecule has 1 unspecified atom stereocenters. The molecule has 0 aliphatic rings. The summed E-state index contributed by atoms with van der Waals surface area (Å²) in [4.78, 5) is 23.3. The number of carbonyl (C=O) groups excluding carboxylic acids is 1. The predicted octanol–water partition coefficient (Wildman–Crippen LogP) is 13.8. The van der Waals surface area contributed by atoms with Crippen molar-refractivity contribution in [3.05, 3.63) is 12.2 Å². The van der Waals surface area contributed by atoms with Gasteiger partial charge in [0.25, 0.3) is 0 Å². The number of unbranched alkanes of at least 4 members (excludes halogenated alkanes) is 28. The zero-order chi connectivity index (χ0) is 32.9. The third-order valence-corrected chi connectivity index (χ3v) is 9.22. The van der Waals surface area contributed by atoms with Gasteiger partial charge in [-0.1, -0.05) is 187 Å². The van der Waals surface area contributed by atoms with Crippen LogP contribution in [0.15, 0.2) is 12.2 Å². The molecule has 4 heteroatoms. The Morgan fingerprint density at radius 2 is 0.844 bits per heavy atom. The van der Waals surface area contributed by atoms with Crippen LogP contribution in [0, 0.1) is 0 Å². The monoisotopic (exact) mass is 635 g/mol. The van der Waals surface area contributed by atoms with E-state index in [9.17, 15) is 9.59 Å². The Morgan fingerprint density at radius 3 is 1.27 bits per heavy atom. The van der Waals surface area contributed by atoms with Crippen molar-refractivity contribution >= 4 is 11.9 Å². The molecule has 0 radical (unpaired) electrons. The lowest BCUT2D eigenvalue weighted by atomic mass is 10.0. The van der Waals surface area contributed by atoms with Crippen LogP contribution in [0.3, 0.4) is 0 Å². The van der Waals surface area contributed by atoms with Gasteiger partial charge in [-0.2, -0.15) is 0 Å². The highest BCUT2D eigenvalue weighted by atomic mass is 16.5. The first-order chi connectivity index (χ1) is 22.1. The second kappa shape index (κ2) is 37.1. The van der Waals surface area contributed by atoms with Crippen LogP contribution >= 0.6 is 0 Å². The topological polar surface area (TPSA) is 63.6 Å². The summed E-state index contributed by atoms with van der Waals surface area (Å²) >= 11 is 0. The molecule has 0 aliphatic heterocycles. The molecule has 1 N–H and O–H groups in total. The molecule has 266 valence electrons. The Kier molecular flexibility index (Phi) is 36.1. The summed E-state index contributed by atoms with van der Waals surface area (Å²) < 4.78 is 5.92. The highest BCUT2D eigenvalue weighted by molar-refractivity contribution is 5.69. The van der Waals surface area contributed by atoms with Crippen LogP contribution in [0.1, 0.15) is 232 Å². The van der Waals surface area contributed by atoms with Crippen LogP contribution in [-0.4, -0.2) is 23.1 Å². The first kappa shape index (κ1) is 43.7. The van der Waals surface area contributed by atoms with Crippen LogP contribution in [0.25, 0.3) is 0 Å². The number of aliphatic carboxylic acids is 1. The maximum Gasteiger partial charge on any atom is 0.306 e. The molecular weight excluding hydrogens is 556 g/mol. The fourth-order valence-corrected chi connectivity index (χ4v) is 6.21. The van der Waals surface area contributed by atoms with E-state index in [2.05, 4.69) is 26.0 Å². The number of hydrogen-bond acceptors (Lipinski definition) is 3. The van der Waals surface area contributed by atoms with Gasteiger partial charge in [-0.25, -0.2) is 0 Å². The van der Waals surface area contributed by atoms with Gasteiger partial charge < -0.3 is 9.84 Å². The van der Waals surface area contributed by atoms with Crippen LogP contribution < -0.4 is 0 Å². The fourth-order valence-electron chi connectivity index (χ4n) is 6.21. The van der Waals surface area contributed by atoms with Crippen molar-refractivity contribution in [1.82, 2.24) is 0 Å². The number of carboxylic acid groups (broad SMARTS) is 1. The van der Waals surface area contributed by atoms with Crippen molar-refractivity contribution in [2.24, 2.45) is 0 Å². The fraction of sp³-hybridized carbons (Fsp3) is 0.902. The average molecular weight is 635 g/mol. The minimum absolute atomic E-state index is 0.0330. The predicted molar refractivity (Wildman–Crippen MR) is 195 cm³/mol. The number of carbonyl (C=O) groups is 2. The van der Waals surface area contributed by atoms with Gasteiger partial charge in [-0.3, -0.25) is 9.59 Å². The summed E-state index contributed by atoms with van der Waals surface area (Å²) in [6.07, 6.45) is 45.4. The molecule has 0 saturated heterocycles. The van der Waals surface area contributed by atoms with E-state index in [1.807, 2.05) is 0 Å². The molecule has 0 aromatic heterocycles. The van der Waals surface area contributed by atoms with Crippen molar-refractivity contribution in [1.29, 1.82) is 0 Å². The molecule has 0 saturated carbocycles. The lowest BCUT2D eigenvalue weighted by Crippen LogP contribution is -2.16. The van der Waals surface area contributed by atoms with E-state index in [4.69, 9.17) is 9.84 Å². The Bertz CT molecular complexity index is 643. The van der Waals surface area contributed by atoms with Crippen LogP contribution in [-0.2, 0) is 14.3 Å². The zero-order valence-electron chi connectivity index (χ0n) is 30.4. The summed E-state index contributed by atoms with van der Waals surface area (Å²) in [5.74, 6) is -0.730. The number of ether oxygens (including phenoxy) is 1. The maximum absolute atomic E-state index is 12.6. The Labute approximate surface area is 281 Å². The quantitative estimate of drug-likeness (QED) is 0.0419. The van der Waals surface area contributed by atoms with Gasteiger partial charge in [-0.05, 0) is 44.6 Å². The number of allylic oxidation sites excluding steroid dienone is 1. The van der Waals surface area contributed by atoms with Gasteiger partial charge >= 0.3 is 11.9 Å². The highest BCUT2D eigenvalue weighted by Crippen LogP contribution is 2.17. The largest absolute Gasteiger partial charge is 0.481 e. The number of carboxylic acids is 1. The molecule has 0 bridgehead atoms. The van der Waals surface area contributed by atoms with Crippen molar-refractivity contribution in [2.75, 3.05) is 0 Å². The van der Waals surface area contributed by atoms with E-state index in [0.717, 1.165) is 64.2 Å². The minimum Gasteiger partial charge on any atom is -0.481 e. The van der Waals surface area contributed by atoms with Gasteiger partial charge in [0, 0.05) is 12.8 Å². The Morgan fingerprint density at radius 1 is 0.489 bits per heavy atom. The summed E-state index contributed by atoms with van der Waals surface area (Å²) in [5.41, 5.74) is 0. The summed E-state index contributed by atoms with van der Waals surface area (Å²) in [5, 5.41) is 8.77. The van der Waals surface area contributed by atoms with Crippen LogP contribution in [0.2, 0.25) is 0 Å². The maximum atomic E-state index is 12.6. The molecule has 0 aliphatic carbocycles. The minimum atomic E-state index is -0.697. The van der Waals surface area contributed by atoms with Crippen molar-refractivity contribution < 1.29 is 19.4 Å². The normalized spacial score (nSPS) is 12.2. The molecule has 0 heterocycles. The molecule has 0 aromatic rings. The number of rotatable bonds is 37. The van der Waals surface area contributed by atoms with Crippen molar-refractivity contribution in [3.63, 3.8) is 0 Å². The smallest absolute Gasteiger partial charge is 0.306 e. The van der Waals surface area contributed by atoms with E-state index in [-0.39, 0.29) is 18.5 Å². The van der Waals surface area contributed by atoms with Gasteiger partial charge in [0.05, 0.1) is 0 Å². The van der Waals surface area contributed by atoms with Gasteiger partial charge in [-0.15, -0.1) is 0 Å². The molecule has 0 spiro atoms. The van der Waals surface area contributed by atoms with E-state index in [1.54, 1.807) is 0 Å². The van der Waals surface area contributed by atoms with Crippen LogP contribution in [0.5, 0.6) is 0 Å². The molecule has 45 heavy (non-hydrogen) atoms. The molecule has 0 aromatic carbocycles. The molecule has 0 amide bonds. The van der Waals surface area contributed by atoms with E-state index < -0.39 is 5.97 Å². The molecule has 0 rings (SSSR count). The van der Waals surface area contributed by atoms with E-state index >= 15 is 0 Å². The molecule has 1 atom stereocenters. The third kappa shape index (κ3) is 37.0. The summed E-state index contributed by atoms with van der Waals surface area (Å²) in [6.45, 7) is 4.54.